The van der Waals surface area contributed by atoms with Crippen LogP contribution in [0.1, 0.15) is 0 Å². The van der Waals surface area contributed by atoms with E-state index in [1.807, 2.05) is 5.53 Å². The summed E-state index contributed by atoms with van der Waals surface area (Å²) in [5, 5.41) is 9.85. The van der Waals surface area contributed by atoms with Crippen molar-refractivity contribution in [2.45, 2.75) is 0 Å². The van der Waals surface area contributed by atoms with E-state index in [9.17, 15) is 18.5 Å². The van der Waals surface area contributed by atoms with Gasteiger partial charge < -0.3 is 0 Å². The Morgan fingerprint density at radius 3 is 2.64 bits per heavy atom. The minimum absolute atomic E-state index is 0.296. The Labute approximate surface area is 80.2 Å². The van der Waals surface area contributed by atoms with E-state index >= 15 is 0 Å². The molecule has 0 aliphatic carbocycles. The molecule has 1 aliphatic heterocycles. The van der Waals surface area contributed by atoms with Crippen molar-refractivity contribution in [2.75, 3.05) is 5.75 Å². The first-order valence-corrected chi connectivity index (χ1v) is 5.09. The first kappa shape index (κ1) is 10.5. The fourth-order valence-corrected chi connectivity index (χ4v) is 1.67. The number of hydrogen-bond donors (Lipinski definition) is 1. The van der Waals surface area contributed by atoms with Crippen molar-refractivity contribution >= 4 is 10.0 Å². The predicted octanol–water partition coefficient (Wildman–Crippen LogP) is -0.798. The molecule has 14 heavy (non-hydrogen) atoms. The SMILES string of the molecule is C=CCS(=O)(=O)N1C=CN([N+](=O)[O-])N1. The van der Waals surface area contributed by atoms with Gasteiger partial charge in [-0.25, -0.2) is 18.5 Å². The molecule has 0 atom stereocenters. The lowest BCUT2D eigenvalue weighted by Crippen LogP contribution is -2.45. The van der Waals surface area contributed by atoms with Crippen LogP contribution in [0.2, 0.25) is 0 Å². The van der Waals surface area contributed by atoms with E-state index in [0.717, 1.165) is 12.4 Å². The van der Waals surface area contributed by atoms with Gasteiger partial charge in [0.05, 0.1) is 12.0 Å². The van der Waals surface area contributed by atoms with Crippen LogP contribution in [0.3, 0.4) is 0 Å². The summed E-state index contributed by atoms with van der Waals surface area (Å²) in [6.07, 6.45) is 3.22. The lowest BCUT2D eigenvalue weighted by Gasteiger charge is -2.15. The lowest BCUT2D eigenvalue weighted by molar-refractivity contribution is -0.655. The van der Waals surface area contributed by atoms with Crippen molar-refractivity contribution in [3.8, 4) is 0 Å². The molecule has 78 valence electrons. The maximum Gasteiger partial charge on any atom is 0.253 e. The van der Waals surface area contributed by atoms with Crippen molar-refractivity contribution in [2.24, 2.45) is 0 Å². The standard InChI is InChI=1S/C5H8N4O4S/c1-2-5-14(12,13)8-4-3-7(6-8)9(10)11/h2-4,6H,1,5H2. The van der Waals surface area contributed by atoms with Crippen LogP contribution in [0.25, 0.3) is 0 Å². The maximum atomic E-state index is 11.3. The molecule has 0 unspecified atom stereocenters. The molecule has 0 aromatic carbocycles. The number of sulfonamides is 1. The van der Waals surface area contributed by atoms with Gasteiger partial charge in [-0.15, -0.1) is 6.58 Å². The summed E-state index contributed by atoms with van der Waals surface area (Å²) >= 11 is 0. The Hall–Kier alpha value is -1.61. The Balaban J connectivity index is 2.73. The van der Waals surface area contributed by atoms with Crippen LogP contribution in [0, 0.1) is 10.1 Å². The molecule has 8 nitrogen and oxygen atoms in total. The number of rotatable bonds is 4. The highest BCUT2D eigenvalue weighted by Gasteiger charge is 2.27. The van der Waals surface area contributed by atoms with Gasteiger partial charge in [-0.3, -0.25) is 0 Å². The van der Waals surface area contributed by atoms with Crippen molar-refractivity contribution in [1.82, 2.24) is 15.1 Å². The topological polar surface area (TPSA) is 95.8 Å². The molecule has 0 aromatic heterocycles. The fourth-order valence-electron chi connectivity index (χ4n) is 0.766. The Kier molecular flexibility index (Phi) is 2.72. The smallest absolute Gasteiger partial charge is 0.233 e. The summed E-state index contributed by atoms with van der Waals surface area (Å²) in [7, 11) is -3.61. The van der Waals surface area contributed by atoms with Crippen molar-refractivity contribution < 1.29 is 13.5 Å². The van der Waals surface area contributed by atoms with Gasteiger partial charge in [-0.2, -0.15) is 4.41 Å². The predicted molar refractivity (Wildman–Crippen MR) is 46.9 cm³/mol. The second-order valence-corrected chi connectivity index (χ2v) is 4.23. The van der Waals surface area contributed by atoms with Crippen LogP contribution in [-0.4, -0.2) is 28.7 Å². The van der Waals surface area contributed by atoms with Gasteiger partial charge >= 0.3 is 0 Å². The van der Waals surface area contributed by atoms with Crippen LogP contribution in [0.4, 0.5) is 0 Å². The normalized spacial score (nSPS) is 16.0. The average Bonchev–Trinajstić information content (AvgIpc) is 2.51. The fraction of sp³-hybridized carbons (Fsp3) is 0.200. The molecular weight excluding hydrogens is 212 g/mol. The van der Waals surface area contributed by atoms with Crippen molar-refractivity contribution in [1.29, 1.82) is 0 Å². The molecule has 0 saturated heterocycles. The minimum Gasteiger partial charge on any atom is -0.233 e. The summed E-state index contributed by atoms with van der Waals surface area (Å²) in [6.45, 7) is 3.27. The third-order valence-corrected chi connectivity index (χ3v) is 2.81. The molecular formula is C5H8N4O4S. The molecule has 0 fully saturated rings. The van der Waals surface area contributed by atoms with Gasteiger partial charge in [0.15, 0.2) is 5.03 Å². The quantitative estimate of drug-likeness (QED) is 0.378. The van der Waals surface area contributed by atoms with Gasteiger partial charge in [0.2, 0.25) is 0 Å². The zero-order valence-corrected chi connectivity index (χ0v) is 7.85. The number of hydrogen-bond acceptors (Lipinski definition) is 5. The Morgan fingerprint density at radius 1 is 1.57 bits per heavy atom. The number of hydrazine groups is 3. The highest BCUT2D eigenvalue weighted by molar-refractivity contribution is 7.89. The van der Waals surface area contributed by atoms with Crippen LogP contribution >= 0.6 is 0 Å². The van der Waals surface area contributed by atoms with E-state index in [0.29, 0.717) is 9.53 Å². The molecule has 0 saturated carbocycles. The molecule has 0 radical (unpaired) electrons. The van der Waals surface area contributed by atoms with E-state index in [1.165, 1.54) is 6.08 Å². The first-order valence-electron chi connectivity index (χ1n) is 3.48. The number of nitro groups is 1. The lowest BCUT2D eigenvalue weighted by atomic mass is 10.8. The van der Waals surface area contributed by atoms with Gasteiger partial charge in [-0.05, 0) is 5.12 Å². The monoisotopic (exact) mass is 220 g/mol. The molecule has 0 aromatic rings. The van der Waals surface area contributed by atoms with E-state index < -0.39 is 15.1 Å². The summed E-state index contributed by atoms with van der Waals surface area (Å²) in [6, 6.07) is 0. The zero-order chi connectivity index (χ0) is 10.8. The van der Waals surface area contributed by atoms with Gasteiger partial charge in [0.1, 0.15) is 6.20 Å². The Morgan fingerprint density at radius 2 is 2.21 bits per heavy atom. The van der Waals surface area contributed by atoms with E-state index in [1.54, 1.807) is 0 Å². The minimum atomic E-state index is -3.61. The molecule has 1 aliphatic rings. The van der Waals surface area contributed by atoms with E-state index in [-0.39, 0.29) is 5.75 Å². The van der Waals surface area contributed by atoms with Crippen LogP contribution in [0.5, 0.6) is 0 Å². The zero-order valence-electron chi connectivity index (χ0n) is 7.03. The summed E-state index contributed by atoms with van der Waals surface area (Å²) in [5.41, 5.74) is 2.04. The van der Waals surface area contributed by atoms with Crippen LogP contribution in [-0.2, 0) is 10.0 Å². The van der Waals surface area contributed by atoms with Gasteiger partial charge in [0, 0.05) is 0 Å². The largest absolute Gasteiger partial charge is 0.253 e. The highest BCUT2D eigenvalue weighted by atomic mass is 32.2. The molecule has 1 N–H and O–H groups in total. The highest BCUT2D eigenvalue weighted by Crippen LogP contribution is 2.06. The molecule has 1 rings (SSSR count). The molecule has 9 heteroatoms. The molecule has 0 bridgehead atoms. The van der Waals surface area contributed by atoms with Crippen LogP contribution in [0.15, 0.2) is 25.1 Å². The third kappa shape index (κ3) is 2.00. The van der Waals surface area contributed by atoms with Gasteiger partial charge in [-0.1, -0.05) is 11.6 Å². The second-order valence-electron chi connectivity index (χ2n) is 2.34. The summed E-state index contributed by atoms with van der Waals surface area (Å²) in [4.78, 5) is 10.2. The van der Waals surface area contributed by atoms with Gasteiger partial charge in [0.25, 0.3) is 10.0 Å². The molecule has 1 heterocycles. The van der Waals surface area contributed by atoms with E-state index in [4.69, 9.17) is 0 Å². The van der Waals surface area contributed by atoms with Crippen LogP contribution < -0.4 is 5.53 Å². The molecule has 0 amide bonds. The third-order valence-electron chi connectivity index (χ3n) is 1.35. The first-order chi connectivity index (χ1) is 6.47. The second kappa shape index (κ2) is 3.64. The average molecular weight is 220 g/mol. The number of nitrogens with one attached hydrogen (secondary N) is 1. The van der Waals surface area contributed by atoms with E-state index in [2.05, 4.69) is 6.58 Å². The summed E-state index contributed by atoms with van der Waals surface area (Å²) < 4.78 is 23.2. The summed E-state index contributed by atoms with van der Waals surface area (Å²) in [5.74, 6) is -0.296. The Bertz CT molecular complexity index is 375. The maximum absolute atomic E-state index is 11.3. The molecule has 0 spiro atoms. The van der Waals surface area contributed by atoms with Crippen molar-refractivity contribution in [3.05, 3.63) is 35.2 Å². The van der Waals surface area contributed by atoms with Crippen molar-refractivity contribution in [3.63, 3.8) is 0 Å². The number of nitrogens with zero attached hydrogens (tertiary/aromatic N) is 3.